The molecule has 21 heavy (non-hydrogen) atoms. The molecular weight excluding hydrogens is 290 g/mol. The third-order valence-electron chi connectivity index (χ3n) is 4.88. The number of amides is 1. The van der Waals surface area contributed by atoms with Crippen LogP contribution in [0.3, 0.4) is 0 Å². The summed E-state index contributed by atoms with van der Waals surface area (Å²) in [5.74, 6) is -0.109. The standard InChI is InChI=1S/C14H27N3O3S/c1-4-21(19,20)17-9-5-6-12(10-17)13(18)15-11-14(7-8-14)16(2)3/h12H,4-11H2,1-3H3,(H,15,18). The average Bonchev–Trinajstić information content (AvgIpc) is 3.26. The maximum absolute atomic E-state index is 12.3. The van der Waals surface area contributed by atoms with Gasteiger partial charge in [-0.05, 0) is 46.7 Å². The molecule has 1 heterocycles. The fourth-order valence-corrected chi connectivity index (χ4v) is 4.09. The third kappa shape index (κ3) is 3.76. The van der Waals surface area contributed by atoms with Gasteiger partial charge in [-0.3, -0.25) is 4.79 Å². The van der Waals surface area contributed by atoms with Gasteiger partial charge in [-0.2, -0.15) is 0 Å². The number of sulfonamides is 1. The van der Waals surface area contributed by atoms with Crippen molar-refractivity contribution in [3.63, 3.8) is 0 Å². The molecule has 0 bridgehead atoms. The summed E-state index contributed by atoms with van der Waals surface area (Å²) in [5.41, 5.74) is 0.125. The summed E-state index contributed by atoms with van der Waals surface area (Å²) in [6, 6.07) is 0. The van der Waals surface area contributed by atoms with E-state index in [4.69, 9.17) is 0 Å². The van der Waals surface area contributed by atoms with Crippen LogP contribution in [-0.2, 0) is 14.8 Å². The molecule has 0 aromatic rings. The Balaban J connectivity index is 1.88. The highest BCUT2D eigenvalue weighted by molar-refractivity contribution is 7.89. The van der Waals surface area contributed by atoms with Gasteiger partial charge in [-0.25, -0.2) is 12.7 Å². The Morgan fingerprint density at radius 2 is 2.05 bits per heavy atom. The van der Waals surface area contributed by atoms with Gasteiger partial charge in [0.05, 0.1) is 11.7 Å². The molecule has 1 saturated carbocycles. The molecule has 7 heteroatoms. The lowest BCUT2D eigenvalue weighted by Gasteiger charge is -2.32. The van der Waals surface area contributed by atoms with Gasteiger partial charge < -0.3 is 10.2 Å². The molecule has 2 rings (SSSR count). The number of piperidine rings is 1. The Morgan fingerprint density at radius 3 is 2.57 bits per heavy atom. The first-order chi connectivity index (χ1) is 9.81. The van der Waals surface area contributed by atoms with Gasteiger partial charge in [-0.15, -0.1) is 0 Å². The molecule has 0 aromatic carbocycles. The molecule has 1 amide bonds. The summed E-state index contributed by atoms with van der Waals surface area (Å²) in [7, 11) is 0.887. The summed E-state index contributed by atoms with van der Waals surface area (Å²) >= 11 is 0. The zero-order valence-corrected chi connectivity index (χ0v) is 14.1. The summed E-state index contributed by atoms with van der Waals surface area (Å²) in [6.07, 6.45) is 3.76. The minimum absolute atomic E-state index is 0.000807. The van der Waals surface area contributed by atoms with Crippen molar-refractivity contribution in [1.82, 2.24) is 14.5 Å². The highest BCUT2D eigenvalue weighted by Gasteiger charge is 2.45. The summed E-state index contributed by atoms with van der Waals surface area (Å²) < 4.78 is 25.3. The third-order valence-corrected chi connectivity index (χ3v) is 6.73. The number of nitrogens with zero attached hydrogens (tertiary/aromatic N) is 2. The van der Waals surface area contributed by atoms with Crippen LogP contribution in [0.4, 0.5) is 0 Å². The van der Waals surface area contributed by atoms with Crippen molar-refractivity contribution in [2.45, 2.75) is 38.1 Å². The summed E-state index contributed by atoms with van der Waals surface area (Å²) in [6.45, 7) is 3.18. The van der Waals surface area contributed by atoms with Crippen molar-refractivity contribution < 1.29 is 13.2 Å². The van der Waals surface area contributed by atoms with Gasteiger partial charge in [-0.1, -0.05) is 0 Å². The van der Waals surface area contributed by atoms with Gasteiger partial charge in [0.1, 0.15) is 0 Å². The van der Waals surface area contributed by atoms with E-state index in [0.717, 1.165) is 25.7 Å². The van der Waals surface area contributed by atoms with E-state index in [1.165, 1.54) is 4.31 Å². The van der Waals surface area contributed by atoms with Crippen LogP contribution in [0.2, 0.25) is 0 Å². The number of carbonyl (C=O) groups excluding carboxylic acids is 1. The number of hydrogen-bond acceptors (Lipinski definition) is 4. The van der Waals surface area contributed by atoms with Crippen molar-refractivity contribution >= 4 is 15.9 Å². The van der Waals surface area contributed by atoms with Gasteiger partial charge in [0.2, 0.25) is 15.9 Å². The van der Waals surface area contributed by atoms with Gasteiger partial charge in [0, 0.05) is 25.2 Å². The molecule has 1 saturated heterocycles. The second-order valence-corrected chi connectivity index (χ2v) is 8.69. The predicted octanol–water partition coefficient (Wildman–Crippen LogP) is 0.259. The van der Waals surface area contributed by atoms with Crippen molar-refractivity contribution in [3.05, 3.63) is 0 Å². The zero-order valence-electron chi connectivity index (χ0n) is 13.3. The molecule has 0 spiro atoms. The minimum atomic E-state index is -3.19. The fraction of sp³-hybridized carbons (Fsp3) is 0.929. The molecule has 2 aliphatic rings. The van der Waals surface area contributed by atoms with E-state index in [-0.39, 0.29) is 23.1 Å². The van der Waals surface area contributed by atoms with Crippen LogP contribution in [0.25, 0.3) is 0 Å². The largest absolute Gasteiger partial charge is 0.354 e. The Labute approximate surface area is 127 Å². The van der Waals surface area contributed by atoms with Crippen LogP contribution in [0.1, 0.15) is 32.6 Å². The molecule has 1 atom stereocenters. The monoisotopic (exact) mass is 317 g/mol. The lowest BCUT2D eigenvalue weighted by molar-refractivity contribution is -0.126. The maximum Gasteiger partial charge on any atom is 0.224 e. The second kappa shape index (κ2) is 6.22. The molecule has 1 unspecified atom stereocenters. The quantitative estimate of drug-likeness (QED) is 0.763. The van der Waals surface area contributed by atoms with Crippen LogP contribution >= 0.6 is 0 Å². The van der Waals surface area contributed by atoms with Crippen molar-refractivity contribution in [2.24, 2.45) is 5.92 Å². The van der Waals surface area contributed by atoms with Crippen LogP contribution < -0.4 is 5.32 Å². The first kappa shape index (κ1) is 16.7. The molecule has 0 radical (unpaired) electrons. The number of hydrogen-bond donors (Lipinski definition) is 1. The topological polar surface area (TPSA) is 69.7 Å². The summed E-state index contributed by atoms with van der Waals surface area (Å²) in [5, 5.41) is 3.02. The van der Waals surface area contributed by atoms with E-state index < -0.39 is 10.0 Å². The predicted molar refractivity (Wildman–Crippen MR) is 82.4 cm³/mol. The molecule has 0 aromatic heterocycles. The first-order valence-corrected chi connectivity index (χ1v) is 9.34. The Hall–Kier alpha value is -0.660. The molecule has 1 aliphatic carbocycles. The van der Waals surface area contributed by atoms with Crippen molar-refractivity contribution in [3.8, 4) is 0 Å². The van der Waals surface area contributed by atoms with E-state index in [1.54, 1.807) is 6.92 Å². The number of rotatable bonds is 6. The molecule has 2 fully saturated rings. The van der Waals surface area contributed by atoms with E-state index in [2.05, 4.69) is 10.2 Å². The Morgan fingerprint density at radius 1 is 1.38 bits per heavy atom. The van der Waals surface area contributed by atoms with Gasteiger partial charge in [0.15, 0.2) is 0 Å². The lowest BCUT2D eigenvalue weighted by Crippen LogP contribution is -2.48. The number of carbonyl (C=O) groups is 1. The van der Waals surface area contributed by atoms with Gasteiger partial charge in [0.25, 0.3) is 0 Å². The highest BCUT2D eigenvalue weighted by Crippen LogP contribution is 2.39. The van der Waals surface area contributed by atoms with Crippen molar-refractivity contribution in [1.29, 1.82) is 0 Å². The SMILES string of the molecule is CCS(=O)(=O)N1CCCC(C(=O)NCC2(N(C)C)CC2)C1. The smallest absolute Gasteiger partial charge is 0.224 e. The van der Waals surface area contributed by atoms with Crippen LogP contribution in [0, 0.1) is 5.92 Å². The van der Waals surface area contributed by atoms with E-state index in [9.17, 15) is 13.2 Å². The highest BCUT2D eigenvalue weighted by atomic mass is 32.2. The Kier molecular flexibility index (Phi) is 4.95. The maximum atomic E-state index is 12.3. The lowest BCUT2D eigenvalue weighted by atomic mass is 9.98. The number of likely N-dealkylation sites (N-methyl/N-ethyl adjacent to an activating group) is 1. The molecule has 6 nitrogen and oxygen atoms in total. The fourth-order valence-electron chi connectivity index (χ4n) is 2.91. The normalized spacial score (nSPS) is 25.8. The number of nitrogens with one attached hydrogen (secondary N) is 1. The van der Waals surface area contributed by atoms with E-state index in [0.29, 0.717) is 19.6 Å². The van der Waals surface area contributed by atoms with Crippen LogP contribution in [0.5, 0.6) is 0 Å². The molecule has 122 valence electrons. The second-order valence-electron chi connectivity index (χ2n) is 6.43. The molecular formula is C14H27N3O3S. The molecule has 1 N–H and O–H groups in total. The van der Waals surface area contributed by atoms with E-state index in [1.807, 2.05) is 14.1 Å². The summed E-state index contributed by atoms with van der Waals surface area (Å²) in [4.78, 5) is 14.5. The first-order valence-electron chi connectivity index (χ1n) is 7.74. The van der Waals surface area contributed by atoms with Gasteiger partial charge >= 0.3 is 0 Å². The zero-order chi connectivity index (χ0) is 15.7. The van der Waals surface area contributed by atoms with Crippen LogP contribution in [0.15, 0.2) is 0 Å². The Bertz CT molecular complexity index is 486. The van der Waals surface area contributed by atoms with E-state index >= 15 is 0 Å². The van der Waals surface area contributed by atoms with Crippen molar-refractivity contribution in [2.75, 3.05) is 39.5 Å². The van der Waals surface area contributed by atoms with Crippen LogP contribution in [-0.4, -0.2) is 68.6 Å². The molecule has 1 aliphatic heterocycles. The average molecular weight is 317 g/mol. The minimum Gasteiger partial charge on any atom is -0.354 e.